The summed E-state index contributed by atoms with van der Waals surface area (Å²) in [7, 11) is 2.32. The van der Waals surface area contributed by atoms with Crippen molar-refractivity contribution in [3.63, 3.8) is 0 Å². The van der Waals surface area contributed by atoms with Crippen molar-refractivity contribution in [3.05, 3.63) is 30.3 Å². The molecular weight excluding hydrogens is 152 g/mol. The summed E-state index contributed by atoms with van der Waals surface area (Å²) in [5.74, 6) is 0. The third kappa shape index (κ3) is 1.28. The smallest absolute Gasteiger partial charge is 0.0390 e. The van der Waals surface area contributed by atoms with Crippen molar-refractivity contribution in [3.8, 4) is 0 Å². The zero-order valence-electron chi connectivity index (χ0n) is 6.52. The van der Waals surface area contributed by atoms with E-state index in [0.29, 0.717) is 0 Å². The first-order valence-corrected chi connectivity index (χ1v) is 5.44. The van der Waals surface area contributed by atoms with Crippen molar-refractivity contribution in [1.29, 1.82) is 0 Å². The maximum Gasteiger partial charge on any atom is 0.0390 e. The monoisotopic (exact) mass is 164 g/mol. The molecule has 10 heavy (non-hydrogen) atoms. The van der Waals surface area contributed by atoms with Crippen LogP contribution < -0.4 is 10.4 Å². The van der Waals surface area contributed by atoms with Gasteiger partial charge in [-0.25, -0.2) is 0 Å². The molecule has 52 valence electrons. The summed E-state index contributed by atoms with van der Waals surface area (Å²) < 4.78 is 0. The molecule has 0 saturated carbocycles. The Bertz CT molecular complexity index is 253. The Morgan fingerprint density at radius 1 is 1.30 bits per heavy atom. The van der Waals surface area contributed by atoms with Crippen LogP contribution >= 0.6 is 0 Å². The quantitative estimate of drug-likeness (QED) is 0.435. The molecule has 0 bridgehead atoms. The summed E-state index contributed by atoms with van der Waals surface area (Å²) >= 11 is 0. The van der Waals surface area contributed by atoms with Gasteiger partial charge in [-0.1, -0.05) is 41.2 Å². The fourth-order valence-corrected chi connectivity index (χ4v) is 2.01. The molecule has 1 aromatic carbocycles. The highest BCUT2D eigenvalue weighted by Crippen LogP contribution is 1.92. The van der Waals surface area contributed by atoms with E-state index in [9.17, 15) is 0 Å². The molecule has 1 rings (SSSR count). The van der Waals surface area contributed by atoms with Crippen LogP contribution in [0, 0.1) is 0 Å². The fourth-order valence-electron chi connectivity index (χ4n) is 0.995. The number of hydrogen-bond acceptors (Lipinski definition) is 0. The average Bonchev–Trinajstić information content (AvgIpc) is 1.95. The second kappa shape index (κ2) is 2.99. The van der Waals surface area contributed by atoms with Gasteiger partial charge in [-0.15, -0.1) is 0 Å². The average molecular weight is 164 g/mol. The first-order valence-electron chi connectivity index (χ1n) is 3.44. The first kappa shape index (κ1) is 7.50. The van der Waals surface area contributed by atoms with Crippen LogP contribution in [-0.2, 0) is 0 Å². The molecule has 0 nitrogen and oxygen atoms in total. The van der Waals surface area contributed by atoms with Gasteiger partial charge in [-0.3, -0.25) is 0 Å². The van der Waals surface area contributed by atoms with Gasteiger partial charge in [0.15, 0.2) is 0 Å². The number of benzene rings is 1. The van der Waals surface area contributed by atoms with E-state index < -0.39 is 0 Å². The van der Waals surface area contributed by atoms with E-state index in [0.717, 1.165) is 10.2 Å². The zero-order valence-corrected chi connectivity index (χ0v) is 10.5. The van der Waals surface area contributed by atoms with Gasteiger partial charge < -0.3 is 0 Å². The van der Waals surface area contributed by atoms with E-state index >= 15 is 0 Å². The molecule has 2 heteroatoms. The van der Waals surface area contributed by atoms with E-state index in [1.54, 1.807) is 0 Å². The third-order valence-electron chi connectivity index (χ3n) is 1.87. The van der Waals surface area contributed by atoms with Crippen molar-refractivity contribution in [2.24, 2.45) is 0 Å². The molecule has 0 aliphatic heterocycles. The van der Waals surface area contributed by atoms with Crippen molar-refractivity contribution < 1.29 is 0 Å². The summed E-state index contributed by atoms with van der Waals surface area (Å²) in [5, 5.41) is 3.06. The highest BCUT2D eigenvalue weighted by atomic mass is 28.2. The van der Waals surface area contributed by atoms with Gasteiger partial charge in [-0.05, 0) is 5.56 Å². The Morgan fingerprint density at radius 2 is 2.00 bits per heavy atom. The zero-order chi connectivity index (χ0) is 7.56. The molecule has 0 spiro atoms. The molecule has 0 amide bonds. The Morgan fingerprint density at radius 3 is 2.50 bits per heavy atom. The van der Waals surface area contributed by atoms with E-state index in [1.165, 1.54) is 26.2 Å². The highest BCUT2D eigenvalue weighted by Gasteiger charge is 1.93. The Kier molecular flexibility index (Phi) is 2.24. The van der Waals surface area contributed by atoms with Gasteiger partial charge in [0.1, 0.15) is 0 Å². The molecule has 0 aliphatic rings. The number of rotatable bonds is 1. The Hall–Kier alpha value is -0.606. The van der Waals surface area contributed by atoms with Crippen molar-refractivity contribution >= 4 is 36.9 Å². The predicted octanol–water partition coefficient (Wildman–Crippen LogP) is -1.69. The normalized spacial score (nSPS) is 10.0. The van der Waals surface area contributed by atoms with Gasteiger partial charge in [0, 0.05) is 20.5 Å². The van der Waals surface area contributed by atoms with E-state index in [4.69, 9.17) is 0 Å². The molecule has 0 radical (unpaired) electrons. The third-order valence-corrected chi connectivity index (χ3v) is 5.32. The molecular formula is C8H12Si2. The lowest BCUT2D eigenvalue weighted by atomic mass is 10.2. The van der Waals surface area contributed by atoms with E-state index in [1.807, 2.05) is 6.08 Å². The van der Waals surface area contributed by atoms with E-state index in [2.05, 4.69) is 24.8 Å². The molecule has 0 saturated heterocycles. The van der Waals surface area contributed by atoms with Crippen LogP contribution in [0.4, 0.5) is 0 Å². The minimum absolute atomic E-state index is 1.15. The Balaban J connectivity index is 3.27. The lowest BCUT2D eigenvalue weighted by Gasteiger charge is -2.02. The van der Waals surface area contributed by atoms with Gasteiger partial charge in [0.05, 0.1) is 0 Å². The topological polar surface area (TPSA) is 0 Å². The lowest BCUT2D eigenvalue weighted by Crippen LogP contribution is -2.27. The SMILES string of the molecule is C=Cc1cccc([SiH3])c1[SiH3]. The summed E-state index contributed by atoms with van der Waals surface area (Å²) in [6.45, 7) is 3.77. The highest BCUT2D eigenvalue weighted by molar-refractivity contribution is 6.49. The van der Waals surface area contributed by atoms with Crippen molar-refractivity contribution in [2.75, 3.05) is 0 Å². The first-order chi connectivity index (χ1) is 4.75. The van der Waals surface area contributed by atoms with Crippen LogP contribution in [0.15, 0.2) is 24.8 Å². The summed E-state index contributed by atoms with van der Waals surface area (Å²) in [6.07, 6.45) is 1.95. The van der Waals surface area contributed by atoms with Gasteiger partial charge in [0.2, 0.25) is 0 Å². The van der Waals surface area contributed by atoms with Crippen molar-refractivity contribution in [2.45, 2.75) is 0 Å². The Labute approximate surface area is 67.8 Å². The standard InChI is InChI=1S/C8H12Si2/c1-2-6-4-3-5-7(9)8(6)10/h2-5H,1H2,9-10H3. The molecule has 1 aromatic rings. The second-order valence-corrected chi connectivity index (χ2v) is 4.57. The lowest BCUT2D eigenvalue weighted by molar-refractivity contribution is 1.77. The molecule has 0 atom stereocenters. The van der Waals surface area contributed by atoms with Gasteiger partial charge in [-0.2, -0.15) is 0 Å². The summed E-state index contributed by atoms with van der Waals surface area (Å²) in [5.41, 5.74) is 1.33. The molecule has 0 aromatic heterocycles. The van der Waals surface area contributed by atoms with Crippen LogP contribution in [0.1, 0.15) is 5.56 Å². The van der Waals surface area contributed by atoms with Crippen LogP contribution in [0.25, 0.3) is 6.08 Å². The van der Waals surface area contributed by atoms with Crippen molar-refractivity contribution in [1.82, 2.24) is 0 Å². The maximum absolute atomic E-state index is 3.77. The molecule has 0 aliphatic carbocycles. The summed E-state index contributed by atoms with van der Waals surface area (Å²) in [4.78, 5) is 0. The minimum atomic E-state index is 1.15. The van der Waals surface area contributed by atoms with Crippen LogP contribution in [0.5, 0.6) is 0 Å². The van der Waals surface area contributed by atoms with Gasteiger partial charge >= 0.3 is 0 Å². The molecule has 0 unspecified atom stereocenters. The predicted molar refractivity (Wildman–Crippen MR) is 55.7 cm³/mol. The molecule has 0 N–H and O–H groups in total. The van der Waals surface area contributed by atoms with Gasteiger partial charge in [0.25, 0.3) is 0 Å². The largest absolute Gasteiger partial charge is 0.0985 e. The fraction of sp³-hybridized carbons (Fsp3) is 0. The second-order valence-electron chi connectivity index (χ2n) is 2.49. The van der Waals surface area contributed by atoms with Crippen LogP contribution in [0.3, 0.4) is 0 Å². The number of hydrogen-bond donors (Lipinski definition) is 0. The molecule has 0 heterocycles. The van der Waals surface area contributed by atoms with Crippen LogP contribution in [-0.4, -0.2) is 20.5 Å². The van der Waals surface area contributed by atoms with Crippen LogP contribution in [0.2, 0.25) is 0 Å². The molecule has 0 fully saturated rings. The summed E-state index contributed by atoms with van der Waals surface area (Å²) in [6, 6.07) is 6.46. The minimum Gasteiger partial charge on any atom is -0.0985 e. The van der Waals surface area contributed by atoms with E-state index in [-0.39, 0.29) is 0 Å². The maximum atomic E-state index is 3.77.